The average molecular weight is 700 g/mol. The smallest absolute Gasteiger partial charge is 0.166 e. The molecule has 0 amide bonds. The highest BCUT2D eigenvalue weighted by Gasteiger charge is 2.22. The molecule has 0 aliphatic carbocycles. The normalized spacial score (nSPS) is 14.0. The predicted molar refractivity (Wildman–Crippen MR) is 221 cm³/mol. The van der Waals surface area contributed by atoms with Gasteiger partial charge in [0.2, 0.25) is 0 Å². The Morgan fingerprint density at radius 1 is 0.463 bits per heavy atom. The molecule has 0 aliphatic rings. The van der Waals surface area contributed by atoms with Gasteiger partial charge in [-0.15, -0.1) is 0 Å². The minimum atomic E-state index is -0.562. The van der Waals surface area contributed by atoms with E-state index < -0.39 is 24.2 Å². The maximum absolute atomic E-state index is 9.76. The average Bonchev–Trinajstić information content (AvgIpc) is 3.89. The molecule has 0 radical (unpaired) electrons. The molecule has 0 unspecified atom stereocenters. The lowest BCUT2D eigenvalue weighted by Crippen LogP contribution is -2.04. The van der Waals surface area contributed by atoms with Gasteiger partial charge in [0.25, 0.3) is 0 Å². The van der Waals surface area contributed by atoms with Crippen molar-refractivity contribution in [3.63, 3.8) is 0 Å². The van der Waals surface area contributed by atoms with Gasteiger partial charge in [-0.3, -0.25) is 0 Å². The topological polar surface area (TPSA) is 56.7 Å². The summed E-state index contributed by atoms with van der Waals surface area (Å²) in [6, 6.07) is 35.9. The molecule has 3 aromatic heterocycles. The van der Waals surface area contributed by atoms with E-state index in [2.05, 4.69) is 0 Å². The maximum Gasteiger partial charge on any atom is 0.166 e. The van der Waals surface area contributed by atoms with Crippen molar-refractivity contribution in [3.8, 4) is 51.0 Å². The fourth-order valence-corrected chi connectivity index (χ4v) is 7.25. The Morgan fingerprint density at radius 2 is 1.15 bits per heavy atom. The second kappa shape index (κ2) is 12.1. The Bertz CT molecular complexity index is 3680. The van der Waals surface area contributed by atoms with Gasteiger partial charge in [0.1, 0.15) is 11.2 Å². The Kier molecular flexibility index (Phi) is 5.06. The Labute approximate surface area is 323 Å². The van der Waals surface area contributed by atoms with Gasteiger partial charge in [-0.2, -0.15) is 0 Å². The van der Waals surface area contributed by atoms with Crippen molar-refractivity contribution in [1.29, 1.82) is 0 Å². The van der Waals surface area contributed by atoms with Crippen LogP contribution in [0.15, 0.2) is 186 Å². The molecule has 8 aromatic carbocycles. The zero-order valence-corrected chi connectivity index (χ0v) is 28.3. The van der Waals surface area contributed by atoms with Crippen LogP contribution in [0.25, 0.3) is 105 Å². The molecule has 0 atom stereocenters. The number of aromatic nitrogens is 4. The number of para-hydroxylation sites is 3. The van der Waals surface area contributed by atoms with Gasteiger partial charge in [0.15, 0.2) is 17.5 Å². The molecule has 0 aliphatic heterocycles. The van der Waals surface area contributed by atoms with E-state index in [9.17, 15) is 5.48 Å². The summed E-state index contributed by atoms with van der Waals surface area (Å²) in [5.74, 6) is 0.978. The quantitative estimate of drug-likeness (QED) is 0.179. The molecule has 252 valence electrons. The van der Waals surface area contributed by atoms with Gasteiger partial charge in [0, 0.05) is 43.8 Å². The van der Waals surface area contributed by atoms with Crippen LogP contribution in [0.3, 0.4) is 0 Å². The molecular weight excluding hydrogens is 661 g/mol. The first-order valence-corrected chi connectivity index (χ1v) is 17.4. The standard InChI is InChI=1S/C49H30N4O/c1-3-14-31(15-4-1)47-50-48(32-16-5-2-6-17-32)52-49(51-47)41-29-35(36-22-13-23-39-38-21-10-12-25-45(38)54-46(36)39)26-27-43(41)53-42-24-11-9-20-37(42)40-28-33-18-7-8-19-34(33)30-44(40)53/h1-30H/i7D,8D,9D,18D,19D,20D,24D,28D,30D. The molecule has 0 spiro atoms. The zero-order valence-electron chi connectivity index (χ0n) is 37.3. The van der Waals surface area contributed by atoms with Gasteiger partial charge in [0.05, 0.1) is 29.1 Å². The molecule has 5 nitrogen and oxygen atoms in total. The molecule has 0 bridgehead atoms. The van der Waals surface area contributed by atoms with E-state index in [-0.39, 0.29) is 68.6 Å². The first-order valence-electron chi connectivity index (χ1n) is 21.9. The van der Waals surface area contributed by atoms with Crippen LogP contribution in [-0.4, -0.2) is 19.5 Å². The van der Waals surface area contributed by atoms with E-state index in [1.807, 2.05) is 115 Å². The van der Waals surface area contributed by atoms with Crippen molar-refractivity contribution >= 4 is 54.5 Å². The predicted octanol–water partition coefficient (Wildman–Crippen LogP) is 12.7. The molecule has 11 aromatic rings. The first-order chi connectivity index (χ1) is 30.5. The fraction of sp³-hybridized carbons (Fsp3) is 0. The van der Waals surface area contributed by atoms with Crippen molar-refractivity contribution in [2.75, 3.05) is 0 Å². The second-order valence-corrected chi connectivity index (χ2v) is 12.9. The molecule has 3 heterocycles. The van der Waals surface area contributed by atoms with Crippen molar-refractivity contribution in [1.82, 2.24) is 19.5 Å². The lowest BCUT2D eigenvalue weighted by molar-refractivity contribution is 0.670. The van der Waals surface area contributed by atoms with Crippen LogP contribution in [-0.2, 0) is 0 Å². The number of benzene rings is 8. The van der Waals surface area contributed by atoms with Crippen LogP contribution in [0.2, 0.25) is 0 Å². The van der Waals surface area contributed by atoms with Gasteiger partial charge in [-0.25, -0.2) is 15.0 Å². The highest BCUT2D eigenvalue weighted by Crippen LogP contribution is 2.41. The molecule has 11 rings (SSSR count). The van der Waals surface area contributed by atoms with Crippen LogP contribution < -0.4 is 0 Å². The van der Waals surface area contributed by atoms with E-state index in [0.29, 0.717) is 28.5 Å². The van der Waals surface area contributed by atoms with Gasteiger partial charge < -0.3 is 8.98 Å². The lowest BCUT2D eigenvalue weighted by Gasteiger charge is -2.16. The van der Waals surface area contributed by atoms with Crippen molar-refractivity contribution in [2.24, 2.45) is 0 Å². The Hall–Kier alpha value is -7.37. The molecular formula is C49H30N4O. The van der Waals surface area contributed by atoms with Gasteiger partial charge in [-0.1, -0.05) is 145 Å². The summed E-state index contributed by atoms with van der Waals surface area (Å²) < 4.78 is 89.4. The van der Waals surface area contributed by atoms with E-state index in [1.54, 1.807) is 10.6 Å². The number of nitrogens with zero attached hydrogens (tertiary/aromatic N) is 4. The summed E-state index contributed by atoms with van der Waals surface area (Å²) in [7, 11) is 0. The van der Waals surface area contributed by atoms with Crippen molar-refractivity contribution < 1.29 is 16.8 Å². The Balaban J connectivity index is 1.32. The summed E-state index contributed by atoms with van der Waals surface area (Å²) in [5, 5.41) is 1.54. The number of fused-ring (bicyclic) bond motifs is 7. The molecule has 0 N–H and O–H groups in total. The first kappa shape index (κ1) is 22.5. The number of furan rings is 1. The Morgan fingerprint density at radius 3 is 1.93 bits per heavy atom. The van der Waals surface area contributed by atoms with E-state index >= 15 is 0 Å². The van der Waals surface area contributed by atoms with Gasteiger partial charge >= 0.3 is 0 Å². The minimum Gasteiger partial charge on any atom is -0.455 e. The highest BCUT2D eigenvalue weighted by molar-refractivity contribution is 6.14. The highest BCUT2D eigenvalue weighted by atomic mass is 16.3. The number of hydrogen-bond acceptors (Lipinski definition) is 4. The summed E-state index contributed by atoms with van der Waals surface area (Å²) in [5.41, 5.74) is 5.20. The maximum atomic E-state index is 9.76. The van der Waals surface area contributed by atoms with Crippen LogP contribution >= 0.6 is 0 Å². The minimum absolute atomic E-state index is 0.00722. The molecule has 0 saturated carbocycles. The van der Waals surface area contributed by atoms with Crippen LogP contribution in [0.4, 0.5) is 0 Å². The van der Waals surface area contributed by atoms with E-state index in [0.717, 1.165) is 38.6 Å². The lowest BCUT2D eigenvalue weighted by atomic mass is 9.98. The third kappa shape index (κ3) is 4.83. The molecule has 0 saturated heterocycles. The molecule has 54 heavy (non-hydrogen) atoms. The summed E-state index contributed by atoms with van der Waals surface area (Å²) in [6.45, 7) is 0. The van der Waals surface area contributed by atoms with Gasteiger partial charge in [-0.05, 0) is 52.7 Å². The van der Waals surface area contributed by atoms with Crippen molar-refractivity contribution in [2.45, 2.75) is 0 Å². The fourth-order valence-electron chi connectivity index (χ4n) is 7.25. The van der Waals surface area contributed by atoms with Crippen LogP contribution in [0.1, 0.15) is 12.3 Å². The van der Waals surface area contributed by atoms with E-state index in [4.69, 9.17) is 26.2 Å². The number of rotatable bonds is 5. The van der Waals surface area contributed by atoms with Crippen molar-refractivity contribution in [3.05, 3.63) is 182 Å². The third-order valence-electron chi connectivity index (χ3n) is 9.72. The van der Waals surface area contributed by atoms with Crippen LogP contribution in [0.5, 0.6) is 0 Å². The summed E-state index contributed by atoms with van der Waals surface area (Å²) in [4.78, 5) is 15.1. The number of hydrogen-bond donors (Lipinski definition) is 0. The summed E-state index contributed by atoms with van der Waals surface area (Å²) >= 11 is 0. The SMILES string of the molecule is [2H]c1cc([2H])c2c(c1[2H])c1c([2H])c3c([2H])c([2H])c([2H])c([2H])c3c([2H])c1n2-c1ccc(-c2cccc3c2oc2ccccc23)cc1-c1nc(-c2ccccc2)nc(-c2ccccc2)n1. The third-order valence-corrected chi connectivity index (χ3v) is 9.72. The largest absolute Gasteiger partial charge is 0.455 e. The second-order valence-electron chi connectivity index (χ2n) is 12.9. The summed E-state index contributed by atoms with van der Waals surface area (Å²) in [6.07, 6.45) is 0. The zero-order chi connectivity index (χ0) is 43.4. The molecule has 0 fully saturated rings. The van der Waals surface area contributed by atoms with Crippen LogP contribution in [0, 0.1) is 0 Å². The van der Waals surface area contributed by atoms with E-state index in [1.165, 1.54) is 6.07 Å². The molecule has 5 heteroatoms. The monoisotopic (exact) mass is 699 g/mol.